The molecule has 0 bridgehead atoms. The molecule has 3 aromatic carbocycles. The maximum absolute atomic E-state index is 12.4. The van der Waals surface area contributed by atoms with Gasteiger partial charge in [0.1, 0.15) is 6.61 Å². The second kappa shape index (κ2) is 8.79. The van der Waals surface area contributed by atoms with Gasteiger partial charge < -0.3 is 34.6 Å². The van der Waals surface area contributed by atoms with Crippen LogP contribution < -0.4 is 40.5 Å². The third-order valence-corrected chi connectivity index (χ3v) is 9.32. The van der Waals surface area contributed by atoms with Crippen molar-refractivity contribution in [1.82, 2.24) is 0 Å². The summed E-state index contributed by atoms with van der Waals surface area (Å²) in [4.78, 5) is 12.4. The Morgan fingerprint density at radius 3 is 2.39 bits per heavy atom. The first-order chi connectivity index (χ1) is 11.7. The summed E-state index contributed by atoms with van der Waals surface area (Å²) in [6, 6.07) is 13.0. The zero-order valence-corrected chi connectivity index (χ0v) is 22.7. The monoisotopic (exact) mass is 526 g/mol. The number of carbonyl (C=O) groups excluding carboxylic acids is 1. The van der Waals surface area contributed by atoms with Crippen molar-refractivity contribution in [2.24, 2.45) is 0 Å². The van der Waals surface area contributed by atoms with E-state index in [0.717, 1.165) is 5.69 Å². The SMILES string of the molecule is C[Si](C)(C)OCC(=O)Nc1cc2c([cH-]c3ccccc32)c2c1[Si]2(C)C.[Cl-].[Cl-].[Zr+3]. The van der Waals surface area contributed by atoms with Crippen LogP contribution in [0.5, 0.6) is 0 Å². The Kier molecular flexibility index (Phi) is 8.06. The molecule has 0 fully saturated rings. The van der Waals surface area contributed by atoms with E-state index in [1.807, 2.05) is 0 Å². The van der Waals surface area contributed by atoms with Crippen LogP contribution >= 0.6 is 0 Å². The zero-order valence-electron chi connectivity index (χ0n) is 16.7. The number of rotatable bonds is 4. The van der Waals surface area contributed by atoms with Crippen molar-refractivity contribution in [2.75, 3.05) is 11.9 Å². The number of fused-ring (bicyclic) bond motifs is 5. The molecule has 0 unspecified atom stereocenters. The Morgan fingerprint density at radius 1 is 1.11 bits per heavy atom. The topological polar surface area (TPSA) is 38.3 Å². The number of anilines is 1. The molecule has 1 N–H and O–H groups in total. The van der Waals surface area contributed by atoms with Crippen LogP contribution in [0, 0.1) is 0 Å². The van der Waals surface area contributed by atoms with Gasteiger partial charge in [0.05, 0.1) is 8.07 Å². The maximum Gasteiger partial charge on any atom is 3.00 e. The van der Waals surface area contributed by atoms with Gasteiger partial charge in [0.2, 0.25) is 5.91 Å². The molecule has 28 heavy (non-hydrogen) atoms. The molecule has 4 rings (SSSR count). The van der Waals surface area contributed by atoms with Gasteiger partial charge in [-0.25, -0.2) is 0 Å². The van der Waals surface area contributed by atoms with Crippen LogP contribution in [0.2, 0.25) is 32.7 Å². The van der Waals surface area contributed by atoms with Crippen molar-refractivity contribution in [3.63, 3.8) is 0 Å². The van der Waals surface area contributed by atoms with E-state index in [-0.39, 0.29) is 63.5 Å². The van der Waals surface area contributed by atoms with Crippen molar-refractivity contribution < 1.29 is 60.2 Å². The molecule has 0 saturated heterocycles. The number of nitrogens with one attached hydrogen (secondary N) is 1. The van der Waals surface area contributed by atoms with Gasteiger partial charge in [0.15, 0.2) is 8.32 Å². The summed E-state index contributed by atoms with van der Waals surface area (Å²) in [5.74, 6) is -0.0449. The van der Waals surface area contributed by atoms with Gasteiger partial charge in [-0.15, -0.1) is 38.9 Å². The molecule has 3 aromatic rings. The van der Waals surface area contributed by atoms with E-state index in [9.17, 15) is 4.79 Å². The predicted octanol–water partition coefficient (Wildman–Crippen LogP) is -2.36. The van der Waals surface area contributed by atoms with Crippen molar-refractivity contribution in [3.8, 4) is 0 Å². The molecule has 1 aliphatic heterocycles. The van der Waals surface area contributed by atoms with Crippen molar-refractivity contribution in [2.45, 2.75) is 32.7 Å². The van der Waals surface area contributed by atoms with E-state index in [1.54, 1.807) is 0 Å². The van der Waals surface area contributed by atoms with Crippen LogP contribution in [-0.2, 0) is 35.4 Å². The Balaban J connectivity index is 0.00000131. The largest absolute Gasteiger partial charge is 3.00 e. The first-order valence-corrected chi connectivity index (χ1v) is 15.2. The van der Waals surface area contributed by atoms with E-state index >= 15 is 0 Å². The second-order valence-corrected chi connectivity index (χ2v) is 17.2. The maximum atomic E-state index is 12.4. The van der Waals surface area contributed by atoms with Gasteiger partial charge in [-0.1, -0.05) is 42.5 Å². The van der Waals surface area contributed by atoms with Crippen LogP contribution in [0.3, 0.4) is 0 Å². The minimum absolute atomic E-state index is 0. The van der Waals surface area contributed by atoms with Crippen LogP contribution in [0.25, 0.3) is 21.5 Å². The molecule has 0 spiro atoms. The Labute approximate surface area is 200 Å². The second-order valence-electron chi connectivity index (χ2n) is 8.44. The summed E-state index contributed by atoms with van der Waals surface area (Å²) >= 11 is 0. The normalized spacial score (nSPS) is 13.8. The van der Waals surface area contributed by atoms with E-state index in [0.29, 0.717) is 0 Å². The molecular formula is C20H24Cl2NO2Si2Zr. The number of hydrogen-bond acceptors (Lipinski definition) is 2. The molecule has 8 heteroatoms. The fraction of sp³-hybridized carbons (Fsp3) is 0.300. The van der Waals surface area contributed by atoms with Crippen LogP contribution in [0.4, 0.5) is 5.69 Å². The van der Waals surface area contributed by atoms with Crippen LogP contribution in [0.1, 0.15) is 0 Å². The number of amides is 1. The molecule has 3 nitrogen and oxygen atoms in total. The number of benzene rings is 2. The molecule has 1 amide bonds. The van der Waals surface area contributed by atoms with Gasteiger partial charge in [-0.05, 0) is 19.6 Å². The Hall–Kier alpha value is -0.363. The van der Waals surface area contributed by atoms with Crippen molar-refractivity contribution >= 4 is 59.9 Å². The molecule has 0 atom stereocenters. The smallest absolute Gasteiger partial charge is 1.00 e. The Bertz CT molecular complexity index is 1030. The van der Waals surface area contributed by atoms with Crippen LogP contribution in [-0.4, -0.2) is 28.9 Å². The standard InChI is InChI=1S/C20H24NO2Si2.2ClH.Zr/c1-24(2,3)23-12-18(22)21-17-11-15-14-9-7-6-8-13(14)10-16(15)19-20(17)25(19,4)5;;;/h6-11H,12H2,1-5H3,(H,21,22);2*1H;/q-1;;;+3/p-2. The zero-order chi connectivity index (χ0) is 18.0. The average molecular weight is 529 g/mol. The third kappa shape index (κ3) is 4.53. The van der Waals surface area contributed by atoms with Crippen LogP contribution in [0.15, 0.2) is 36.4 Å². The summed E-state index contributed by atoms with van der Waals surface area (Å²) in [5.41, 5.74) is 1.000. The molecule has 1 heterocycles. The van der Waals surface area contributed by atoms with Crippen molar-refractivity contribution in [3.05, 3.63) is 36.4 Å². The summed E-state index contributed by atoms with van der Waals surface area (Å²) in [6.07, 6.45) is 0. The molecule has 0 aromatic heterocycles. The van der Waals surface area contributed by atoms with E-state index in [2.05, 4.69) is 74.5 Å². The first-order valence-electron chi connectivity index (χ1n) is 8.78. The summed E-state index contributed by atoms with van der Waals surface area (Å²) < 4.78 is 5.75. The average Bonchev–Trinajstić information content (AvgIpc) is 2.93. The fourth-order valence-corrected chi connectivity index (χ4v) is 8.01. The molecule has 1 radical (unpaired) electrons. The van der Waals surface area contributed by atoms with E-state index in [4.69, 9.17) is 4.43 Å². The van der Waals surface area contributed by atoms with Gasteiger partial charge in [0.25, 0.3) is 0 Å². The fourth-order valence-electron chi connectivity index (χ4n) is 3.80. The quantitative estimate of drug-likeness (QED) is 0.304. The van der Waals surface area contributed by atoms with Gasteiger partial charge in [-0.3, -0.25) is 4.79 Å². The van der Waals surface area contributed by atoms with E-state index < -0.39 is 16.4 Å². The summed E-state index contributed by atoms with van der Waals surface area (Å²) in [5, 5.41) is 11.2. The molecule has 0 aliphatic carbocycles. The molecule has 0 saturated carbocycles. The third-order valence-electron chi connectivity index (χ3n) is 5.02. The molecular weight excluding hydrogens is 505 g/mol. The summed E-state index contributed by atoms with van der Waals surface area (Å²) in [7, 11) is -3.23. The minimum Gasteiger partial charge on any atom is -1.00 e. The number of carbonyl (C=O) groups is 1. The van der Waals surface area contributed by atoms with E-state index in [1.165, 1.54) is 31.9 Å². The molecule has 1 aliphatic rings. The predicted molar refractivity (Wildman–Crippen MR) is 112 cm³/mol. The Morgan fingerprint density at radius 2 is 1.75 bits per heavy atom. The minimum atomic E-state index is -1.69. The van der Waals surface area contributed by atoms with Gasteiger partial charge >= 0.3 is 26.2 Å². The van der Waals surface area contributed by atoms with Gasteiger partial charge in [-0.2, -0.15) is 0 Å². The molecule has 147 valence electrons. The summed E-state index contributed by atoms with van der Waals surface area (Å²) in [6.45, 7) is 11.2. The first kappa shape index (κ1) is 25.7. The number of halogens is 2. The number of hydrogen-bond donors (Lipinski definition) is 1. The van der Waals surface area contributed by atoms with Crippen molar-refractivity contribution in [1.29, 1.82) is 0 Å². The van der Waals surface area contributed by atoms with Gasteiger partial charge in [0, 0.05) is 5.69 Å².